The van der Waals surface area contributed by atoms with Gasteiger partial charge in [-0.3, -0.25) is 0 Å². The van der Waals surface area contributed by atoms with Crippen LogP contribution in [0.5, 0.6) is 0 Å². The van der Waals surface area contributed by atoms with E-state index in [1.807, 2.05) is 0 Å². The normalized spacial score (nSPS) is 15.7. The Balaban J connectivity index is 1.87. The molecular formula is C16H18ClFN2O. The molecule has 0 amide bonds. The fraction of sp³-hybridized carbons (Fsp3) is 0.438. The van der Waals surface area contributed by atoms with Gasteiger partial charge in [0, 0.05) is 5.56 Å². The van der Waals surface area contributed by atoms with Crippen LogP contribution in [0, 0.1) is 11.7 Å². The zero-order valence-electron chi connectivity index (χ0n) is 11.7. The number of benzene rings is 1. The van der Waals surface area contributed by atoms with Gasteiger partial charge >= 0.3 is 0 Å². The number of halogens is 2. The highest BCUT2D eigenvalue weighted by molar-refractivity contribution is 6.31. The third kappa shape index (κ3) is 2.91. The van der Waals surface area contributed by atoms with Crippen molar-refractivity contribution in [2.45, 2.75) is 38.5 Å². The lowest BCUT2D eigenvalue weighted by molar-refractivity contribution is 0.419. The molecule has 1 aromatic carbocycles. The van der Waals surface area contributed by atoms with Crippen molar-refractivity contribution in [1.82, 2.24) is 5.16 Å². The summed E-state index contributed by atoms with van der Waals surface area (Å²) >= 11 is 5.85. The summed E-state index contributed by atoms with van der Waals surface area (Å²) in [7, 11) is 0. The summed E-state index contributed by atoms with van der Waals surface area (Å²) in [6.07, 6.45) is 6.96. The van der Waals surface area contributed by atoms with E-state index in [1.165, 1.54) is 31.7 Å². The van der Waals surface area contributed by atoms with Crippen molar-refractivity contribution in [3.05, 3.63) is 34.7 Å². The van der Waals surface area contributed by atoms with E-state index in [4.69, 9.17) is 21.9 Å². The number of aryl methyl sites for hydroxylation is 1. The number of nitrogens with zero attached hydrogens (tertiary/aromatic N) is 1. The van der Waals surface area contributed by atoms with Crippen LogP contribution in [0.1, 0.15) is 37.8 Å². The largest absolute Gasteiger partial charge is 0.367 e. The molecule has 0 unspecified atom stereocenters. The van der Waals surface area contributed by atoms with E-state index in [1.54, 1.807) is 12.1 Å². The SMILES string of the molecule is Nc1onc(CCC2CCCC2)c1-c1cccc(Cl)c1F. The summed E-state index contributed by atoms with van der Waals surface area (Å²) in [6, 6.07) is 4.87. The van der Waals surface area contributed by atoms with Crippen LogP contribution in [0.2, 0.25) is 5.02 Å². The first-order valence-corrected chi connectivity index (χ1v) is 7.73. The van der Waals surface area contributed by atoms with Gasteiger partial charge in [0.1, 0.15) is 5.82 Å². The molecule has 21 heavy (non-hydrogen) atoms. The standard InChI is InChI=1S/C16H18ClFN2O/c17-12-7-3-6-11(15(12)18)14-13(20-21-16(14)19)9-8-10-4-1-2-5-10/h3,6-7,10H,1-2,4-5,8-9,19H2. The molecule has 0 spiro atoms. The first-order chi connectivity index (χ1) is 10.2. The number of hydrogen-bond donors (Lipinski definition) is 1. The molecule has 0 aliphatic heterocycles. The van der Waals surface area contributed by atoms with Crippen LogP contribution in [-0.4, -0.2) is 5.16 Å². The molecule has 1 aliphatic rings. The van der Waals surface area contributed by atoms with E-state index in [0.29, 0.717) is 11.1 Å². The van der Waals surface area contributed by atoms with E-state index in [0.717, 1.165) is 24.5 Å². The van der Waals surface area contributed by atoms with E-state index in [-0.39, 0.29) is 10.9 Å². The van der Waals surface area contributed by atoms with Gasteiger partial charge in [0.05, 0.1) is 16.3 Å². The Morgan fingerprint density at radius 3 is 2.86 bits per heavy atom. The maximum atomic E-state index is 14.2. The second-order valence-electron chi connectivity index (χ2n) is 5.66. The average Bonchev–Trinajstić information content (AvgIpc) is 3.10. The van der Waals surface area contributed by atoms with Crippen LogP contribution in [0.15, 0.2) is 22.7 Å². The molecule has 1 heterocycles. The second-order valence-corrected chi connectivity index (χ2v) is 6.07. The van der Waals surface area contributed by atoms with Gasteiger partial charge < -0.3 is 10.3 Å². The van der Waals surface area contributed by atoms with Gasteiger partial charge in [0.25, 0.3) is 0 Å². The van der Waals surface area contributed by atoms with Gasteiger partial charge in [-0.15, -0.1) is 0 Å². The van der Waals surface area contributed by atoms with Crippen molar-refractivity contribution in [2.75, 3.05) is 5.73 Å². The molecule has 2 aromatic rings. The van der Waals surface area contributed by atoms with Crippen LogP contribution in [-0.2, 0) is 6.42 Å². The highest BCUT2D eigenvalue weighted by Crippen LogP contribution is 2.36. The van der Waals surface area contributed by atoms with Crippen LogP contribution in [0.4, 0.5) is 10.3 Å². The molecule has 0 saturated heterocycles. The molecular weight excluding hydrogens is 291 g/mol. The first kappa shape index (κ1) is 14.4. The van der Waals surface area contributed by atoms with Gasteiger partial charge in [-0.25, -0.2) is 4.39 Å². The van der Waals surface area contributed by atoms with E-state index >= 15 is 0 Å². The van der Waals surface area contributed by atoms with Crippen LogP contribution in [0.25, 0.3) is 11.1 Å². The molecule has 5 heteroatoms. The topological polar surface area (TPSA) is 52.0 Å². The quantitative estimate of drug-likeness (QED) is 0.879. The Bertz CT molecular complexity index is 635. The Morgan fingerprint density at radius 1 is 1.33 bits per heavy atom. The van der Waals surface area contributed by atoms with Crippen LogP contribution < -0.4 is 5.73 Å². The van der Waals surface area contributed by atoms with Crippen molar-refractivity contribution in [2.24, 2.45) is 5.92 Å². The number of rotatable bonds is 4. The molecule has 1 fully saturated rings. The van der Waals surface area contributed by atoms with Crippen molar-refractivity contribution in [3.8, 4) is 11.1 Å². The number of nitrogens with two attached hydrogens (primary N) is 1. The molecule has 1 aromatic heterocycles. The van der Waals surface area contributed by atoms with E-state index in [2.05, 4.69) is 5.16 Å². The maximum Gasteiger partial charge on any atom is 0.230 e. The predicted molar refractivity (Wildman–Crippen MR) is 81.6 cm³/mol. The van der Waals surface area contributed by atoms with Gasteiger partial charge in [-0.05, 0) is 24.8 Å². The van der Waals surface area contributed by atoms with Gasteiger partial charge in [0.2, 0.25) is 5.88 Å². The molecule has 3 nitrogen and oxygen atoms in total. The fourth-order valence-electron chi connectivity index (χ4n) is 3.13. The summed E-state index contributed by atoms with van der Waals surface area (Å²) < 4.78 is 19.3. The van der Waals surface area contributed by atoms with Gasteiger partial charge in [-0.1, -0.05) is 54.6 Å². The smallest absolute Gasteiger partial charge is 0.230 e. The zero-order valence-corrected chi connectivity index (χ0v) is 12.5. The lowest BCUT2D eigenvalue weighted by atomic mass is 9.97. The number of nitrogen functional groups attached to an aromatic ring is 1. The molecule has 112 valence electrons. The highest BCUT2D eigenvalue weighted by atomic mass is 35.5. The van der Waals surface area contributed by atoms with Crippen molar-refractivity contribution in [3.63, 3.8) is 0 Å². The van der Waals surface area contributed by atoms with E-state index in [9.17, 15) is 4.39 Å². The van der Waals surface area contributed by atoms with Crippen LogP contribution in [0.3, 0.4) is 0 Å². The zero-order chi connectivity index (χ0) is 14.8. The number of hydrogen-bond acceptors (Lipinski definition) is 3. The lowest BCUT2D eigenvalue weighted by Gasteiger charge is -2.08. The second kappa shape index (κ2) is 6.06. The Hall–Kier alpha value is -1.55. The van der Waals surface area contributed by atoms with Gasteiger partial charge in [-0.2, -0.15) is 0 Å². The molecule has 1 aliphatic carbocycles. The lowest BCUT2D eigenvalue weighted by Crippen LogP contribution is -1.99. The van der Waals surface area contributed by atoms with Crippen molar-refractivity contribution in [1.29, 1.82) is 0 Å². The highest BCUT2D eigenvalue weighted by Gasteiger charge is 2.22. The third-order valence-electron chi connectivity index (χ3n) is 4.27. The first-order valence-electron chi connectivity index (χ1n) is 7.35. The third-order valence-corrected chi connectivity index (χ3v) is 4.57. The molecule has 3 rings (SSSR count). The average molecular weight is 309 g/mol. The summed E-state index contributed by atoms with van der Waals surface area (Å²) in [4.78, 5) is 0. The minimum atomic E-state index is -0.476. The predicted octanol–water partition coefficient (Wildman–Crippen LogP) is 4.84. The summed E-state index contributed by atoms with van der Waals surface area (Å²) in [6.45, 7) is 0. The minimum Gasteiger partial charge on any atom is -0.367 e. The number of anilines is 1. The minimum absolute atomic E-state index is 0.0786. The Kier molecular flexibility index (Phi) is 4.15. The molecule has 2 N–H and O–H groups in total. The molecule has 1 saturated carbocycles. The Labute approximate surface area is 128 Å². The Morgan fingerprint density at radius 2 is 2.10 bits per heavy atom. The van der Waals surface area contributed by atoms with Crippen molar-refractivity contribution < 1.29 is 8.91 Å². The van der Waals surface area contributed by atoms with E-state index < -0.39 is 5.82 Å². The summed E-state index contributed by atoms with van der Waals surface area (Å²) in [5.41, 5.74) is 7.47. The van der Waals surface area contributed by atoms with Gasteiger partial charge in [0.15, 0.2) is 0 Å². The monoisotopic (exact) mass is 308 g/mol. The molecule has 0 radical (unpaired) electrons. The molecule has 0 atom stereocenters. The fourth-order valence-corrected chi connectivity index (χ4v) is 3.31. The number of aromatic nitrogens is 1. The molecule has 0 bridgehead atoms. The van der Waals surface area contributed by atoms with Crippen molar-refractivity contribution >= 4 is 17.5 Å². The summed E-state index contributed by atoms with van der Waals surface area (Å²) in [5.74, 6) is 0.411. The maximum absolute atomic E-state index is 14.2. The summed E-state index contributed by atoms with van der Waals surface area (Å²) in [5, 5.41) is 4.09. The van der Waals surface area contributed by atoms with Crippen LogP contribution >= 0.6 is 11.6 Å².